The quantitative estimate of drug-likeness (QED) is 0.546. The normalized spacial score (nSPS) is 18.6. The van der Waals surface area contributed by atoms with Crippen molar-refractivity contribution in [2.45, 2.75) is 58.2 Å². The number of ether oxygens (including phenoxy) is 3. The fourth-order valence-electron chi connectivity index (χ4n) is 3.08. The van der Waals surface area contributed by atoms with Crippen LogP contribution in [-0.2, 0) is 20.6 Å². The molecular formula is C19H28N2O5. The lowest BCUT2D eigenvalue weighted by Gasteiger charge is -2.32. The Labute approximate surface area is 154 Å². The van der Waals surface area contributed by atoms with Crippen LogP contribution in [0.15, 0.2) is 18.3 Å². The standard InChI is InChI=1S/C19H28N2O5/c1-5-6-12-25-18(23)21-15(13-26-19(21,2)3)10-9-14-8-7-11-20-16(14)17(22)24-4/h7-8,11,15H,5-6,9-10,12-13H2,1-4H3/t15-/m0/s1. The van der Waals surface area contributed by atoms with Crippen LogP contribution < -0.4 is 0 Å². The highest BCUT2D eigenvalue weighted by Gasteiger charge is 2.44. The molecule has 2 rings (SSSR count). The molecule has 1 amide bonds. The van der Waals surface area contributed by atoms with E-state index in [-0.39, 0.29) is 12.1 Å². The van der Waals surface area contributed by atoms with Gasteiger partial charge in [-0.25, -0.2) is 14.6 Å². The molecule has 0 bridgehead atoms. The van der Waals surface area contributed by atoms with Crippen LogP contribution in [0.3, 0.4) is 0 Å². The molecule has 1 aromatic heterocycles. The highest BCUT2D eigenvalue weighted by atomic mass is 16.6. The fourth-order valence-corrected chi connectivity index (χ4v) is 3.08. The van der Waals surface area contributed by atoms with Gasteiger partial charge in [-0.3, -0.25) is 4.90 Å². The Balaban J connectivity index is 2.06. The molecule has 0 radical (unpaired) electrons. The van der Waals surface area contributed by atoms with Gasteiger partial charge in [-0.15, -0.1) is 0 Å². The maximum Gasteiger partial charge on any atom is 0.412 e. The molecule has 0 unspecified atom stereocenters. The molecule has 0 aromatic carbocycles. The van der Waals surface area contributed by atoms with Gasteiger partial charge < -0.3 is 14.2 Å². The van der Waals surface area contributed by atoms with E-state index in [0.29, 0.717) is 31.7 Å². The zero-order chi connectivity index (χ0) is 19.2. The number of carbonyl (C=O) groups is 2. The van der Waals surface area contributed by atoms with Gasteiger partial charge in [0, 0.05) is 6.20 Å². The smallest absolute Gasteiger partial charge is 0.412 e. The first-order valence-corrected chi connectivity index (χ1v) is 9.03. The first-order chi connectivity index (χ1) is 12.4. The summed E-state index contributed by atoms with van der Waals surface area (Å²) < 4.78 is 16.0. The third-order valence-electron chi connectivity index (χ3n) is 4.51. The number of esters is 1. The average molecular weight is 364 g/mol. The van der Waals surface area contributed by atoms with Crippen molar-refractivity contribution in [3.8, 4) is 0 Å². The van der Waals surface area contributed by atoms with E-state index < -0.39 is 11.7 Å². The number of pyridine rings is 1. The molecule has 7 heteroatoms. The van der Waals surface area contributed by atoms with Crippen LogP contribution in [0.2, 0.25) is 0 Å². The number of amides is 1. The largest absolute Gasteiger partial charge is 0.464 e. The molecule has 1 aromatic rings. The monoisotopic (exact) mass is 364 g/mol. The van der Waals surface area contributed by atoms with E-state index in [1.807, 2.05) is 26.8 Å². The van der Waals surface area contributed by atoms with Gasteiger partial charge in [0.15, 0.2) is 5.69 Å². The maximum absolute atomic E-state index is 12.5. The summed E-state index contributed by atoms with van der Waals surface area (Å²) in [6, 6.07) is 3.52. The Morgan fingerprint density at radius 2 is 2.19 bits per heavy atom. The molecule has 1 aliphatic heterocycles. The number of methoxy groups -OCH3 is 1. The molecule has 1 saturated heterocycles. The number of aromatic nitrogens is 1. The SMILES string of the molecule is CCCCOC(=O)N1[C@@H](CCc2cccnc2C(=O)OC)COC1(C)C. The summed E-state index contributed by atoms with van der Waals surface area (Å²) in [6.45, 7) is 6.61. The molecule has 1 aliphatic rings. The summed E-state index contributed by atoms with van der Waals surface area (Å²) in [5, 5.41) is 0. The Kier molecular flexibility index (Phi) is 6.97. The highest BCUT2D eigenvalue weighted by molar-refractivity contribution is 5.88. The maximum atomic E-state index is 12.5. The molecule has 144 valence electrons. The molecule has 1 atom stereocenters. The van der Waals surface area contributed by atoms with E-state index in [1.54, 1.807) is 17.2 Å². The number of hydrogen-bond donors (Lipinski definition) is 0. The van der Waals surface area contributed by atoms with Gasteiger partial charge in [0.05, 0.1) is 26.4 Å². The Morgan fingerprint density at radius 3 is 2.88 bits per heavy atom. The van der Waals surface area contributed by atoms with Crippen LogP contribution >= 0.6 is 0 Å². The molecular weight excluding hydrogens is 336 g/mol. The number of nitrogens with zero attached hydrogens (tertiary/aromatic N) is 2. The van der Waals surface area contributed by atoms with Crippen molar-refractivity contribution in [2.24, 2.45) is 0 Å². The van der Waals surface area contributed by atoms with E-state index >= 15 is 0 Å². The zero-order valence-electron chi connectivity index (χ0n) is 16.0. The summed E-state index contributed by atoms with van der Waals surface area (Å²) in [6.07, 6.45) is 4.24. The molecule has 0 aliphatic carbocycles. The predicted octanol–water partition coefficient (Wildman–Crippen LogP) is 3.17. The predicted molar refractivity (Wildman–Crippen MR) is 95.8 cm³/mol. The summed E-state index contributed by atoms with van der Waals surface area (Å²) in [5.41, 5.74) is 0.391. The van der Waals surface area contributed by atoms with Crippen LogP contribution in [0.5, 0.6) is 0 Å². The first kappa shape index (κ1) is 20.2. The average Bonchev–Trinajstić information content (AvgIpc) is 2.94. The van der Waals surface area contributed by atoms with Crippen molar-refractivity contribution >= 4 is 12.1 Å². The lowest BCUT2D eigenvalue weighted by Crippen LogP contribution is -2.48. The van der Waals surface area contributed by atoms with Crippen molar-refractivity contribution in [3.05, 3.63) is 29.6 Å². The van der Waals surface area contributed by atoms with Gasteiger partial charge in [-0.1, -0.05) is 19.4 Å². The fraction of sp³-hybridized carbons (Fsp3) is 0.632. The van der Waals surface area contributed by atoms with Gasteiger partial charge in [-0.2, -0.15) is 0 Å². The third kappa shape index (κ3) is 4.72. The number of carbonyl (C=O) groups excluding carboxylic acids is 2. The van der Waals surface area contributed by atoms with E-state index in [2.05, 4.69) is 4.98 Å². The second kappa shape index (κ2) is 8.98. The van der Waals surface area contributed by atoms with Crippen LogP contribution in [0.25, 0.3) is 0 Å². The molecule has 7 nitrogen and oxygen atoms in total. The van der Waals surface area contributed by atoms with Gasteiger partial charge in [-0.05, 0) is 44.7 Å². The van der Waals surface area contributed by atoms with Crippen molar-refractivity contribution in [1.29, 1.82) is 0 Å². The summed E-state index contributed by atoms with van der Waals surface area (Å²) >= 11 is 0. The van der Waals surface area contributed by atoms with Crippen LogP contribution in [0.1, 0.15) is 56.1 Å². The molecule has 1 fully saturated rings. The third-order valence-corrected chi connectivity index (χ3v) is 4.51. The Morgan fingerprint density at radius 1 is 1.42 bits per heavy atom. The number of hydrogen-bond acceptors (Lipinski definition) is 6. The molecule has 2 heterocycles. The molecule has 0 N–H and O–H groups in total. The van der Waals surface area contributed by atoms with Gasteiger partial charge in [0.2, 0.25) is 0 Å². The minimum Gasteiger partial charge on any atom is -0.464 e. The topological polar surface area (TPSA) is 78.0 Å². The van der Waals surface area contributed by atoms with Crippen molar-refractivity contribution < 1.29 is 23.8 Å². The van der Waals surface area contributed by atoms with Gasteiger partial charge in [0.25, 0.3) is 0 Å². The van der Waals surface area contributed by atoms with E-state index in [4.69, 9.17) is 14.2 Å². The highest BCUT2D eigenvalue weighted by Crippen LogP contribution is 2.30. The second-order valence-corrected chi connectivity index (χ2v) is 6.79. The lowest BCUT2D eigenvalue weighted by molar-refractivity contribution is -0.0483. The Bertz CT molecular complexity index is 632. The Hall–Kier alpha value is -2.15. The van der Waals surface area contributed by atoms with E-state index in [0.717, 1.165) is 18.4 Å². The minimum absolute atomic E-state index is 0.121. The zero-order valence-corrected chi connectivity index (χ0v) is 16.0. The van der Waals surface area contributed by atoms with Crippen LogP contribution in [0.4, 0.5) is 4.79 Å². The summed E-state index contributed by atoms with van der Waals surface area (Å²) in [5.74, 6) is -0.459. The van der Waals surface area contributed by atoms with E-state index in [9.17, 15) is 9.59 Å². The number of rotatable bonds is 7. The van der Waals surface area contributed by atoms with Crippen molar-refractivity contribution in [2.75, 3.05) is 20.3 Å². The summed E-state index contributed by atoms with van der Waals surface area (Å²) in [4.78, 5) is 30.2. The first-order valence-electron chi connectivity index (χ1n) is 9.03. The van der Waals surface area contributed by atoms with Crippen LogP contribution in [-0.4, -0.2) is 54.0 Å². The van der Waals surface area contributed by atoms with Gasteiger partial charge in [0.1, 0.15) is 5.72 Å². The lowest BCUT2D eigenvalue weighted by atomic mass is 10.0. The molecule has 26 heavy (non-hydrogen) atoms. The molecule has 0 saturated carbocycles. The van der Waals surface area contributed by atoms with Crippen molar-refractivity contribution in [1.82, 2.24) is 9.88 Å². The minimum atomic E-state index is -0.714. The summed E-state index contributed by atoms with van der Waals surface area (Å²) in [7, 11) is 1.34. The van der Waals surface area contributed by atoms with Gasteiger partial charge >= 0.3 is 12.1 Å². The molecule has 0 spiro atoms. The van der Waals surface area contributed by atoms with Crippen molar-refractivity contribution in [3.63, 3.8) is 0 Å². The number of unbranched alkanes of at least 4 members (excludes halogenated alkanes) is 1. The van der Waals surface area contributed by atoms with E-state index in [1.165, 1.54) is 7.11 Å². The number of aryl methyl sites for hydroxylation is 1. The van der Waals surface area contributed by atoms with Crippen LogP contribution in [0, 0.1) is 0 Å². The second-order valence-electron chi connectivity index (χ2n) is 6.79.